The van der Waals surface area contributed by atoms with Crippen molar-refractivity contribution in [2.75, 3.05) is 25.6 Å². The number of benzene rings is 2. The van der Waals surface area contributed by atoms with Crippen molar-refractivity contribution in [3.8, 4) is 5.88 Å². The number of nitrogens with two attached hydrogens (primary N) is 1. The molecule has 3 aromatic heterocycles. The zero-order valence-electron chi connectivity index (χ0n) is 28.5. The summed E-state index contributed by atoms with van der Waals surface area (Å²) in [5.41, 5.74) is 7.64. The number of rotatable bonds is 18. The van der Waals surface area contributed by atoms with Gasteiger partial charge < -0.3 is 35.5 Å². The predicted molar refractivity (Wildman–Crippen MR) is 185 cm³/mol. The van der Waals surface area contributed by atoms with Crippen molar-refractivity contribution in [2.45, 2.75) is 61.4 Å². The van der Waals surface area contributed by atoms with Gasteiger partial charge >= 0.3 is 22.8 Å². The molecule has 0 fully saturated rings. The number of nitrogen functional groups attached to an aromatic ring is 1. The minimum absolute atomic E-state index is 0.0111. The summed E-state index contributed by atoms with van der Waals surface area (Å²) in [4.78, 5) is 59.6. The second kappa shape index (κ2) is 17.3. The molecule has 0 saturated carbocycles. The van der Waals surface area contributed by atoms with E-state index in [1.165, 1.54) is 24.3 Å². The molecule has 53 heavy (non-hydrogen) atoms. The Morgan fingerprint density at radius 3 is 2.51 bits per heavy atom. The summed E-state index contributed by atoms with van der Waals surface area (Å²) in [7, 11) is -4.25. The average Bonchev–Trinajstić information content (AvgIpc) is 3.74. The van der Waals surface area contributed by atoms with Gasteiger partial charge in [-0.15, -0.1) is 0 Å². The number of amides is 1. The molecule has 3 heterocycles. The lowest BCUT2D eigenvalue weighted by atomic mass is 10.0. The van der Waals surface area contributed by atoms with E-state index in [-0.39, 0.29) is 59.5 Å². The third-order valence-corrected chi connectivity index (χ3v) is 9.68. The van der Waals surface area contributed by atoms with Crippen LogP contribution in [-0.2, 0) is 41.7 Å². The summed E-state index contributed by atoms with van der Waals surface area (Å²) in [5.74, 6) is -2.32. The Kier molecular flexibility index (Phi) is 12.4. The van der Waals surface area contributed by atoms with Crippen molar-refractivity contribution in [1.29, 1.82) is 0 Å². The van der Waals surface area contributed by atoms with Gasteiger partial charge in [-0.1, -0.05) is 30.3 Å². The quantitative estimate of drug-likeness (QED) is 0.0566. The van der Waals surface area contributed by atoms with Crippen LogP contribution in [0.1, 0.15) is 54.1 Å². The van der Waals surface area contributed by atoms with Crippen LogP contribution in [0.25, 0.3) is 11.0 Å². The van der Waals surface area contributed by atoms with Crippen LogP contribution in [0.3, 0.4) is 0 Å². The molecule has 19 heteroatoms. The molecule has 5 rings (SSSR count). The van der Waals surface area contributed by atoms with Gasteiger partial charge in [0.05, 0.1) is 35.3 Å². The molecule has 1 amide bonds. The van der Waals surface area contributed by atoms with E-state index >= 15 is 0 Å². The van der Waals surface area contributed by atoms with E-state index in [9.17, 15) is 32.8 Å². The highest BCUT2D eigenvalue weighted by molar-refractivity contribution is 7.91. The zero-order chi connectivity index (χ0) is 38.0. The topological polar surface area (TPSA) is 266 Å². The monoisotopic (exact) mass is 751 g/mol. The van der Waals surface area contributed by atoms with Crippen molar-refractivity contribution in [3.05, 3.63) is 93.0 Å². The summed E-state index contributed by atoms with van der Waals surface area (Å²) >= 11 is 0. The normalized spacial score (nSPS) is 11.9. The van der Waals surface area contributed by atoms with Crippen molar-refractivity contribution in [1.82, 2.24) is 25.4 Å². The smallest absolute Gasteiger partial charge is 0.414 e. The molecular formula is C34H37N7O11S. The third-order valence-electron chi connectivity index (χ3n) is 7.95. The fraction of sp³-hybridized carbons (Fsp3) is 0.324. The number of nitrogens with one attached hydrogen (secondary N) is 3. The Balaban J connectivity index is 1.05. The minimum Gasteiger partial charge on any atom is -0.466 e. The van der Waals surface area contributed by atoms with E-state index in [0.29, 0.717) is 36.7 Å². The standard InChI is InChI=1S/C34H37N7O11S/c1-2-49-33(45)25(37-29(43)22-13-10-21(11-14-22)12-15-23-20-36-28-27(23)30(44)39-34(35)38-28)16-17-26(42)50-18-6-7-19-51-31-32(41(46)52-40-31)53(47,48)24-8-4-3-5-9-24/h3-5,8-11,13-14,20,25H,2,6-7,12,15-19H2,1H3,(H,37,43)(H4,35,36,38,39,44)/t25-/m0/s1. The summed E-state index contributed by atoms with van der Waals surface area (Å²) in [6, 6.07) is 12.9. The number of aromatic amines is 2. The minimum atomic E-state index is -4.25. The number of nitrogens with zero attached hydrogens (tertiary/aromatic N) is 3. The van der Waals surface area contributed by atoms with E-state index in [0.717, 1.165) is 11.1 Å². The van der Waals surface area contributed by atoms with Crippen LogP contribution >= 0.6 is 0 Å². The molecule has 0 aliphatic rings. The number of anilines is 1. The number of sulfone groups is 1. The van der Waals surface area contributed by atoms with E-state index in [4.69, 9.17) is 19.9 Å². The SMILES string of the molecule is CCOC(=O)[C@H](CCC(=O)OCCCCOc1no[n+]([O-])c1S(=O)(=O)c1ccccc1)NC(=O)c1ccc(CCc2c[nH]c3nc(N)[nH]c(=O)c23)cc1. The molecule has 2 aromatic carbocycles. The molecule has 1 atom stereocenters. The maximum atomic E-state index is 13.0. The Labute approximate surface area is 302 Å². The van der Waals surface area contributed by atoms with Gasteiger partial charge in [0.2, 0.25) is 5.95 Å². The number of fused-ring (bicyclic) bond motifs is 1. The van der Waals surface area contributed by atoms with Crippen LogP contribution in [0, 0.1) is 5.21 Å². The molecule has 0 unspecified atom stereocenters. The number of hydrogen-bond acceptors (Lipinski definition) is 14. The van der Waals surface area contributed by atoms with Crippen molar-refractivity contribution < 1.29 is 46.5 Å². The maximum Gasteiger partial charge on any atom is 0.414 e. The molecule has 0 radical (unpaired) electrons. The first-order chi connectivity index (χ1) is 25.5. The molecule has 280 valence electrons. The Morgan fingerprint density at radius 2 is 1.77 bits per heavy atom. The fourth-order valence-corrected chi connectivity index (χ4v) is 6.58. The van der Waals surface area contributed by atoms with Gasteiger partial charge in [0.1, 0.15) is 11.7 Å². The van der Waals surface area contributed by atoms with Crippen LogP contribution in [0.15, 0.2) is 80.1 Å². The largest absolute Gasteiger partial charge is 0.466 e. The van der Waals surface area contributed by atoms with Crippen molar-refractivity contribution in [2.24, 2.45) is 0 Å². The van der Waals surface area contributed by atoms with Gasteiger partial charge in [0.25, 0.3) is 21.3 Å². The lowest BCUT2D eigenvalue weighted by Gasteiger charge is -2.17. The molecule has 0 aliphatic heterocycles. The number of aryl methyl sites for hydroxylation is 2. The number of H-pyrrole nitrogens is 2. The van der Waals surface area contributed by atoms with Gasteiger partial charge in [-0.3, -0.25) is 24.0 Å². The number of esters is 2. The Bertz CT molecular complexity index is 2220. The van der Waals surface area contributed by atoms with E-state index in [1.807, 2.05) is 0 Å². The predicted octanol–water partition coefficient (Wildman–Crippen LogP) is 1.92. The van der Waals surface area contributed by atoms with Gasteiger partial charge in [-0.25, -0.2) is 13.2 Å². The zero-order valence-corrected chi connectivity index (χ0v) is 29.3. The Morgan fingerprint density at radius 1 is 1.04 bits per heavy atom. The average molecular weight is 752 g/mol. The number of aromatic nitrogens is 5. The van der Waals surface area contributed by atoms with Crippen LogP contribution in [0.5, 0.6) is 5.88 Å². The number of carbonyl (C=O) groups is 3. The first-order valence-corrected chi connectivity index (χ1v) is 18.1. The number of ether oxygens (including phenoxy) is 3. The lowest BCUT2D eigenvalue weighted by molar-refractivity contribution is -0.832. The van der Waals surface area contributed by atoms with Crippen LogP contribution in [0.2, 0.25) is 0 Å². The second-order valence-electron chi connectivity index (χ2n) is 11.6. The molecule has 18 nitrogen and oxygen atoms in total. The molecule has 0 spiro atoms. The van der Waals surface area contributed by atoms with Crippen LogP contribution < -0.4 is 26.2 Å². The van der Waals surface area contributed by atoms with Crippen molar-refractivity contribution in [3.63, 3.8) is 0 Å². The molecule has 5 N–H and O–H groups in total. The van der Waals surface area contributed by atoms with E-state index < -0.39 is 44.6 Å². The third kappa shape index (κ3) is 9.56. The summed E-state index contributed by atoms with van der Waals surface area (Å²) in [6.45, 7) is 1.62. The van der Waals surface area contributed by atoms with Crippen molar-refractivity contribution >= 4 is 44.7 Å². The van der Waals surface area contributed by atoms with Gasteiger partial charge in [0, 0.05) is 18.2 Å². The Hall–Kier alpha value is -6.24. The number of hydrogen-bond donors (Lipinski definition) is 4. The highest BCUT2D eigenvalue weighted by Crippen LogP contribution is 2.25. The first-order valence-electron chi connectivity index (χ1n) is 16.6. The van der Waals surface area contributed by atoms with Crippen LogP contribution in [-0.4, -0.2) is 72.2 Å². The maximum absolute atomic E-state index is 13.0. The van der Waals surface area contributed by atoms with E-state index in [1.54, 1.807) is 43.5 Å². The molecule has 5 aromatic rings. The first kappa shape index (κ1) is 38.0. The molecule has 0 bridgehead atoms. The second-order valence-corrected chi connectivity index (χ2v) is 13.5. The summed E-state index contributed by atoms with van der Waals surface area (Å²) in [5, 5.41) is 17.7. The highest BCUT2D eigenvalue weighted by atomic mass is 32.2. The lowest BCUT2D eigenvalue weighted by Crippen LogP contribution is -2.42. The van der Waals surface area contributed by atoms with Gasteiger partial charge in [0.15, 0.2) is 0 Å². The van der Waals surface area contributed by atoms with Crippen LogP contribution in [0.4, 0.5) is 5.95 Å². The molecule has 0 saturated heterocycles. The van der Waals surface area contributed by atoms with Gasteiger partial charge in [-0.2, -0.15) is 4.98 Å². The molecular weight excluding hydrogens is 714 g/mol. The number of carbonyl (C=O) groups excluding carboxylic acids is 3. The fourth-order valence-electron chi connectivity index (χ4n) is 5.29. The molecule has 0 aliphatic carbocycles. The van der Waals surface area contributed by atoms with E-state index in [2.05, 4.69) is 30.1 Å². The van der Waals surface area contributed by atoms with Gasteiger partial charge in [-0.05, 0) is 79.3 Å². The summed E-state index contributed by atoms with van der Waals surface area (Å²) in [6.07, 6.45) is 3.17. The summed E-state index contributed by atoms with van der Waals surface area (Å²) < 4.78 is 45.9. The highest BCUT2D eigenvalue weighted by Gasteiger charge is 2.35. The number of unbranched alkanes of at least 4 members (excludes halogenated alkanes) is 1.